The second-order valence-corrected chi connectivity index (χ2v) is 5.91. The number of carbonyl (C=O) groups is 2. The second kappa shape index (κ2) is 4.41. The first-order chi connectivity index (χ1) is 10.5. The number of hydrogen-bond donors (Lipinski definition) is 1. The van der Waals surface area contributed by atoms with Crippen molar-refractivity contribution < 1.29 is 33.6 Å². The van der Waals surface area contributed by atoms with Gasteiger partial charge in [-0.2, -0.15) is 0 Å². The molecule has 7 heteroatoms. The summed E-state index contributed by atoms with van der Waals surface area (Å²) in [5.74, 6) is -2.58. The van der Waals surface area contributed by atoms with Crippen molar-refractivity contribution in [1.29, 1.82) is 0 Å². The predicted octanol–water partition coefficient (Wildman–Crippen LogP) is -0.107. The van der Waals surface area contributed by atoms with Crippen molar-refractivity contribution in [3.05, 3.63) is 23.8 Å². The first-order valence-corrected chi connectivity index (χ1v) is 7.19. The van der Waals surface area contributed by atoms with Gasteiger partial charge >= 0.3 is 11.9 Å². The van der Waals surface area contributed by atoms with Gasteiger partial charge in [-0.25, -0.2) is 4.79 Å². The summed E-state index contributed by atoms with van der Waals surface area (Å²) in [5, 5.41) is 10.1. The molecule has 3 fully saturated rings. The third-order valence-electron chi connectivity index (χ3n) is 5.06. The van der Waals surface area contributed by atoms with Gasteiger partial charge in [0, 0.05) is 5.92 Å². The molecule has 1 N–H and O–H groups in total. The lowest BCUT2D eigenvalue weighted by atomic mass is 9.75. The molecule has 7 unspecified atom stereocenters. The van der Waals surface area contributed by atoms with Crippen LogP contribution in [0.25, 0.3) is 0 Å². The Morgan fingerprint density at radius 2 is 2.23 bits per heavy atom. The second-order valence-electron chi connectivity index (χ2n) is 5.91. The molecule has 0 amide bonds. The molecule has 3 saturated heterocycles. The number of methoxy groups -OCH3 is 1. The number of aliphatic hydroxyl groups is 1. The monoisotopic (exact) mass is 308 g/mol. The minimum atomic E-state index is -1.32. The minimum absolute atomic E-state index is 0.366. The highest BCUT2D eigenvalue weighted by atomic mass is 16.8. The molecule has 0 saturated carbocycles. The van der Waals surface area contributed by atoms with Gasteiger partial charge in [0.05, 0.1) is 18.6 Å². The van der Waals surface area contributed by atoms with E-state index >= 15 is 0 Å². The van der Waals surface area contributed by atoms with E-state index in [9.17, 15) is 14.7 Å². The molecule has 1 aliphatic carbocycles. The van der Waals surface area contributed by atoms with Crippen molar-refractivity contribution in [2.75, 3.05) is 7.11 Å². The van der Waals surface area contributed by atoms with Gasteiger partial charge in [0.15, 0.2) is 18.2 Å². The van der Waals surface area contributed by atoms with E-state index in [0.717, 1.165) is 0 Å². The van der Waals surface area contributed by atoms with E-state index in [-0.39, 0.29) is 11.8 Å². The maximum absolute atomic E-state index is 12.0. The third-order valence-corrected chi connectivity index (χ3v) is 5.06. The standard InChI is InChI=1S/C15H16O7/c1-3-6-10-15(22-11(6)16)5-4-7-8(12(17)19-2)13(18)21-14(20-10)9(7)15/h3-5,7-10,13-14,18H,1-2H3. The van der Waals surface area contributed by atoms with E-state index < -0.39 is 42.1 Å². The van der Waals surface area contributed by atoms with Gasteiger partial charge in [0.25, 0.3) is 0 Å². The topological polar surface area (TPSA) is 91.3 Å². The highest BCUT2D eigenvalue weighted by Crippen LogP contribution is 2.59. The van der Waals surface area contributed by atoms with Gasteiger partial charge in [-0.05, 0) is 13.0 Å². The van der Waals surface area contributed by atoms with Gasteiger partial charge in [0.2, 0.25) is 0 Å². The summed E-state index contributed by atoms with van der Waals surface area (Å²) < 4.78 is 21.6. The Morgan fingerprint density at radius 1 is 1.45 bits per heavy atom. The summed E-state index contributed by atoms with van der Waals surface area (Å²) in [6.45, 7) is 1.74. The fraction of sp³-hybridized carbons (Fsp3) is 0.600. The number of esters is 2. The fourth-order valence-corrected chi connectivity index (χ4v) is 4.12. The minimum Gasteiger partial charge on any atom is -0.469 e. The SMILES string of the molecule is CC=C1C(=O)OC23C=CC4C(C(=O)OC)C(O)OC(OC12)C43. The average molecular weight is 308 g/mol. The number of allylic oxidation sites excluding steroid dienone is 2. The van der Waals surface area contributed by atoms with Crippen molar-refractivity contribution in [2.45, 2.75) is 31.2 Å². The third kappa shape index (κ3) is 1.46. The molecular weight excluding hydrogens is 292 g/mol. The summed E-state index contributed by atoms with van der Waals surface area (Å²) in [4.78, 5) is 24.0. The summed E-state index contributed by atoms with van der Waals surface area (Å²) >= 11 is 0. The molecule has 1 spiro atoms. The van der Waals surface area contributed by atoms with E-state index in [1.54, 1.807) is 25.2 Å². The number of carbonyl (C=O) groups excluding carboxylic acids is 2. The number of ether oxygens (including phenoxy) is 4. The Kier molecular flexibility index (Phi) is 2.79. The lowest BCUT2D eigenvalue weighted by Gasteiger charge is -2.39. The quantitative estimate of drug-likeness (QED) is 0.410. The summed E-state index contributed by atoms with van der Waals surface area (Å²) in [6.07, 6.45) is 2.59. The molecule has 3 aliphatic heterocycles. The van der Waals surface area contributed by atoms with Gasteiger partial charge in [-0.3, -0.25) is 4.79 Å². The molecule has 7 nitrogen and oxygen atoms in total. The van der Waals surface area contributed by atoms with E-state index in [1.165, 1.54) is 7.11 Å². The van der Waals surface area contributed by atoms with E-state index in [4.69, 9.17) is 18.9 Å². The number of hydrogen-bond acceptors (Lipinski definition) is 7. The van der Waals surface area contributed by atoms with Gasteiger partial charge in [0.1, 0.15) is 12.0 Å². The molecule has 3 heterocycles. The zero-order valence-corrected chi connectivity index (χ0v) is 12.1. The van der Waals surface area contributed by atoms with Crippen LogP contribution >= 0.6 is 0 Å². The molecular formula is C15H16O7. The molecule has 0 aromatic carbocycles. The fourth-order valence-electron chi connectivity index (χ4n) is 4.12. The summed E-state index contributed by atoms with van der Waals surface area (Å²) in [7, 11) is 1.26. The van der Waals surface area contributed by atoms with Gasteiger partial charge in [-0.1, -0.05) is 12.2 Å². The van der Waals surface area contributed by atoms with Crippen LogP contribution in [0.4, 0.5) is 0 Å². The van der Waals surface area contributed by atoms with Crippen LogP contribution in [0.5, 0.6) is 0 Å². The molecule has 0 aromatic heterocycles. The molecule has 118 valence electrons. The van der Waals surface area contributed by atoms with Crippen LogP contribution in [-0.4, -0.2) is 48.4 Å². The molecule has 0 aromatic rings. The normalized spacial score (nSPS) is 50.0. The van der Waals surface area contributed by atoms with E-state index in [0.29, 0.717) is 5.57 Å². The Bertz CT molecular complexity index is 609. The number of rotatable bonds is 1. The zero-order chi connectivity index (χ0) is 15.6. The maximum Gasteiger partial charge on any atom is 0.337 e. The Balaban J connectivity index is 1.76. The highest BCUT2D eigenvalue weighted by Gasteiger charge is 2.72. The lowest BCUT2D eigenvalue weighted by molar-refractivity contribution is -0.284. The van der Waals surface area contributed by atoms with Crippen LogP contribution in [0.1, 0.15) is 6.92 Å². The first kappa shape index (κ1) is 13.9. The smallest absolute Gasteiger partial charge is 0.337 e. The highest BCUT2D eigenvalue weighted by molar-refractivity contribution is 5.93. The molecule has 7 atom stereocenters. The van der Waals surface area contributed by atoms with Gasteiger partial charge in [-0.15, -0.1) is 0 Å². The molecule has 0 bridgehead atoms. The van der Waals surface area contributed by atoms with Crippen molar-refractivity contribution in [3.63, 3.8) is 0 Å². The molecule has 22 heavy (non-hydrogen) atoms. The van der Waals surface area contributed by atoms with Crippen molar-refractivity contribution in [1.82, 2.24) is 0 Å². The Morgan fingerprint density at radius 3 is 2.91 bits per heavy atom. The summed E-state index contributed by atoms with van der Waals surface area (Å²) in [5.41, 5.74) is -0.520. The summed E-state index contributed by atoms with van der Waals surface area (Å²) in [6, 6.07) is 0. The maximum atomic E-state index is 12.0. The Hall–Kier alpha value is -1.70. The largest absolute Gasteiger partial charge is 0.469 e. The van der Waals surface area contributed by atoms with Crippen LogP contribution in [0.3, 0.4) is 0 Å². The van der Waals surface area contributed by atoms with Crippen LogP contribution in [0, 0.1) is 17.8 Å². The van der Waals surface area contributed by atoms with Crippen LogP contribution in [-0.2, 0) is 28.5 Å². The molecule has 0 radical (unpaired) electrons. The van der Waals surface area contributed by atoms with Crippen LogP contribution < -0.4 is 0 Å². The Labute approximate surface area is 126 Å². The zero-order valence-electron chi connectivity index (χ0n) is 12.1. The lowest BCUT2D eigenvalue weighted by Crippen LogP contribution is -2.52. The molecule has 4 aliphatic rings. The van der Waals surface area contributed by atoms with Crippen LogP contribution in [0.2, 0.25) is 0 Å². The first-order valence-electron chi connectivity index (χ1n) is 7.19. The van der Waals surface area contributed by atoms with Crippen molar-refractivity contribution in [2.24, 2.45) is 17.8 Å². The molecule has 4 rings (SSSR count). The average Bonchev–Trinajstić information content (AvgIpc) is 3.07. The van der Waals surface area contributed by atoms with E-state index in [2.05, 4.69) is 0 Å². The van der Waals surface area contributed by atoms with Crippen molar-refractivity contribution >= 4 is 11.9 Å². The van der Waals surface area contributed by atoms with Crippen molar-refractivity contribution in [3.8, 4) is 0 Å². The number of aliphatic hydroxyl groups excluding tert-OH is 1. The van der Waals surface area contributed by atoms with E-state index in [1.807, 2.05) is 0 Å². The predicted molar refractivity (Wildman–Crippen MR) is 70.0 cm³/mol. The van der Waals surface area contributed by atoms with Gasteiger partial charge < -0.3 is 24.1 Å². The van der Waals surface area contributed by atoms with Crippen LogP contribution in [0.15, 0.2) is 23.8 Å².